The van der Waals surface area contributed by atoms with Crippen LogP contribution in [0.25, 0.3) is 0 Å². The molecule has 1 N–H and O–H groups in total. The Bertz CT molecular complexity index is 396. The van der Waals surface area contributed by atoms with Crippen LogP contribution in [0.5, 0.6) is 5.75 Å². The van der Waals surface area contributed by atoms with Gasteiger partial charge in [0.2, 0.25) is 0 Å². The smallest absolute Gasteiger partial charge is 0.119 e. The molecule has 106 valence electrons. The van der Waals surface area contributed by atoms with Crippen LogP contribution in [0.1, 0.15) is 52.1 Å². The third kappa shape index (κ3) is 3.50. The molecular weight excluding hydrogens is 234 g/mol. The average molecular weight is 261 g/mol. The predicted molar refractivity (Wildman–Crippen MR) is 80.5 cm³/mol. The van der Waals surface area contributed by atoms with Gasteiger partial charge in [0.25, 0.3) is 0 Å². The monoisotopic (exact) mass is 261 g/mol. The maximum atomic E-state index is 5.52. The van der Waals surface area contributed by atoms with Crippen LogP contribution in [0, 0.1) is 11.3 Å². The number of ether oxygens (including phenoxy) is 1. The van der Waals surface area contributed by atoms with Gasteiger partial charge in [0.1, 0.15) is 5.75 Å². The molecule has 2 unspecified atom stereocenters. The van der Waals surface area contributed by atoms with Crippen LogP contribution < -0.4 is 10.1 Å². The third-order valence-corrected chi connectivity index (χ3v) is 4.16. The van der Waals surface area contributed by atoms with E-state index in [0.29, 0.717) is 11.5 Å². The van der Waals surface area contributed by atoms with Gasteiger partial charge >= 0.3 is 0 Å². The number of benzene rings is 1. The summed E-state index contributed by atoms with van der Waals surface area (Å²) in [5.74, 6) is 1.73. The zero-order chi connectivity index (χ0) is 13.9. The Morgan fingerprint density at radius 3 is 2.37 bits per heavy atom. The third-order valence-electron chi connectivity index (χ3n) is 4.16. The molecule has 0 spiro atoms. The summed E-state index contributed by atoms with van der Waals surface area (Å²) in [6.07, 6.45) is 2.50. The summed E-state index contributed by atoms with van der Waals surface area (Å²) in [5.41, 5.74) is 1.89. The van der Waals surface area contributed by atoms with Gasteiger partial charge in [-0.05, 0) is 55.3 Å². The van der Waals surface area contributed by atoms with Crippen molar-refractivity contribution in [2.24, 2.45) is 11.3 Å². The van der Waals surface area contributed by atoms with Gasteiger partial charge in [-0.25, -0.2) is 0 Å². The van der Waals surface area contributed by atoms with E-state index in [0.717, 1.165) is 24.8 Å². The average Bonchev–Trinajstić information content (AvgIpc) is 3.01. The number of nitrogens with one attached hydrogen (secondary N) is 1. The van der Waals surface area contributed by atoms with E-state index in [4.69, 9.17) is 4.74 Å². The fourth-order valence-corrected chi connectivity index (χ4v) is 2.81. The van der Waals surface area contributed by atoms with Gasteiger partial charge < -0.3 is 10.1 Å². The van der Waals surface area contributed by atoms with E-state index >= 15 is 0 Å². The predicted octanol–water partition coefficient (Wildman–Crippen LogP) is 4.17. The van der Waals surface area contributed by atoms with E-state index < -0.39 is 0 Å². The molecular formula is C17H27NO. The molecule has 1 aliphatic carbocycles. The van der Waals surface area contributed by atoms with E-state index in [2.05, 4.69) is 50.4 Å². The van der Waals surface area contributed by atoms with E-state index in [1.54, 1.807) is 0 Å². The van der Waals surface area contributed by atoms with Crippen LogP contribution in [0.15, 0.2) is 24.3 Å². The second-order valence-corrected chi connectivity index (χ2v) is 6.23. The van der Waals surface area contributed by atoms with E-state index in [1.165, 1.54) is 18.4 Å². The first-order valence-corrected chi connectivity index (χ1v) is 7.54. The molecule has 2 atom stereocenters. The number of hydrogen-bond acceptors (Lipinski definition) is 2. The van der Waals surface area contributed by atoms with Crippen molar-refractivity contribution < 1.29 is 4.74 Å². The molecule has 2 heteroatoms. The summed E-state index contributed by atoms with van der Waals surface area (Å²) in [5, 5.41) is 3.71. The maximum absolute atomic E-state index is 5.52. The highest BCUT2D eigenvalue weighted by molar-refractivity contribution is 5.31. The fourth-order valence-electron chi connectivity index (χ4n) is 2.81. The van der Waals surface area contributed by atoms with Gasteiger partial charge in [-0.1, -0.05) is 32.9 Å². The summed E-state index contributed by atoms with van der Waals surface area (Å²) in [4.78, 5) is 0. The summed E-state index contributed by atoms with van der Waals surface area (Å²) >= 11 is 0. The Labute approximate surface area is 117 Å². The Morgan fingerprint density at radius 1 is 1.26 bits per heavy atom. The van der Waals surface area contributed by atoms with Crippen molar-refractivity contribution in [2.75, 3.05) is 13.2 Å². The lowest BCUT2D eigenvalue weighted by atomic mass is 9.97. The van der Waals surface area contributed by atoms with Crippen LogP contribution in [0.4, 0.5) is 0 Å². The second kappa shape index (κ2) is 5.96. The van der Waals surface area contributed by atoms with Crippen molar-refractivity contribution in [1.82, 2.24) is 5.32 Å². The van der Waals surface area contributed by atoms with Gasteiger partial charge in [-0.2, -0.15) is 0 Å². The van der Waals surface area contributed by atoms with Gasteiger partial charge in [-0.15, -0.1) is 0 Å². The molecule has 1 aromatic carbocycles. The molecule has 19 heavy (non-hydrogen) atoms. The quantitative estimate of drug-likeness (QED) is 0.795. The van der Waals surface area contributed by atoms with Gasteiger partial charge in [0.05, 0.1) is 6.61 Å². The summed E-state index contributed by atoms with van der Waals surface area (Å²) < 4.78 is 5.52. The molecule has 0 saturated heterocycles. The first-order valence-electron chi connectivity index (χ1n) is 7.54. The SMILES string of the molecule is CCCNC(c1ccc(OCC)cc1)C1CC1(C)C. The summed E-state index contributed by atoms with van der Waals surface area (Å²) in [7, 11) is 0. The molecule has 0 aromatic heterocycles. The highest BCUT2D eigenvalue weighted by Crippen LogP contribution is 2.57. The lowest BCUT2D eigenvalue weighted by Crippen LogP contribution is -2.25. The lowest BCUT2D eigenvalue weighted by molar-refractivity contribution is 0.339. The number of hydrogen-bond donors (Lipinski definition) is 1. The molecule has 1 aromatic rings. The van der Waals surface area contributed by atoms with E-state index in [1.807, 2.05) is 6.92 Å². The maximum Gasteiger partial charge on any atom is 0.119 e. The molecule has 0 bridgehead atoms. The van der Waals surface area contributed by atoms with E-state index in [9.17, 15) is 0 Å². The highest BCUT2D eigenvalue weighted by atomic mass is 16.5. The van der Waals surface area contributed by atoms with Gasteiger partial charge in [0.15, 0.2) is 0 Å². The van der Waals surface area contributed by atoms with E-state index in [-0.39, 0.29) is 0 Å². The first kappa shape index (κ1) is 14.4. The second-order valence-electron chi connectivity index (χ2n) is 6.23. The minimum Gasteiger partial charge on any atom is -0.494 e. The molecule has 0 heterocycles. The lowest BCUT2D eigenvalue weighted by Gasteiger charge is -2.21. The molecule has 2 rings (SSSR count). The first-order chi connectivity index (χ1) is 9.08. The normalized spacial score (nSPS) is 22.0. The highest BCUT2D eigenvalue weighted by Gasteiger charge is 2.50. The van der Waals surface area contributed by atoms with Crippen LogP contribution in [-0.4, -0.2) is 13.2 Å². The molecule has 2 nitrogen and oxygen atoms in total. The van der Waals surface area contributed by atoms with Crippen LogP contribution in [0.2, 0.25) is 0 Å². The van der Waals surface area contributed by atoms with Crippen molar-refractivity contribution in [3.05, 3.63) is 29.8 Å². The van der Waals surface area contributed by atoms with Crippen molar-refractivity contribution in [3.8, 4) is 5.75 Å². The topological polar surface area (TPSA) is 21.3 Å². The summed E-state index contributed by atoms with van der Waals surface area (Å²) in [6.45, 7) is 10.8. The van der Waals surface area contributed by atoms with Crippen molar-refractivity contribution in [3.63, 3.8) is 0 Å². The largest absolute Gasteiger partial charge is 0.494 e. The Kier molecular flexibility index (Phi) is 4.51. The van der Waals surface area contributed by atoms with Crippen molar-refractivity contribution in [1.29, 1.82) is 0 Å². The van der Waals surface area contributed by atoms with Crippen molar-refractivity contribution in [2.45, 2.75) is 46.6 Å². The van der Waals surface area contributed by atoms with Crippen LogP contribution in [0.3, 0.4) is 0 Å². The Morgan fingerprint density at radius 2 is 1.89 bits per heavy atom. The molecule has 0 amide bonds. The molecule has 0 aliphatic heterocycles. The van der Waals surface area contributed by atoms with Crippen LogP contribution in [-0.2, 0) is 0 Å². The zero-order valence-corrected chi connectivity index (χ0v) is 12.7. The zero-order valence-electron chi connectivity index (χ0n) is 12.7. The van der Waals surface area contributed by atoms with Gasteiger partial charge in [-0.3, -0.25) is 0 Å². The molecule has 1 saturated carbocycles. The number of rotatable bonds is 7. The fraction of sp³-hybridized carbons (Fsp3) is 0.647. The Balaban J connectivity index is 2.09. The van der Waals surface area contributed by atoms with Gasteiger partial charge in [0, 0.05) is 6.04 Å². The Hall–Kier alpha value is -1.02. The molecule has 1 aliphatic rings. The van der Waals surface area contributed by atoms with Crippen molar-refractivity contribution >= 4 is 0 Å². The standard InChI is InChI=1S/C17H27NO/c1-5-11-18-16(15-12-17(15,3)4)13-7-9-14(10-8-13)19-6-2/h7-10,15-16,18H,5-6,11-12H2,1-4H3. The van der Waals surface area contributed by atoms with Crippen LogP contribution >= 0.6 is 0 Å². The summed E-state index contributed by atoms with van der Waals surface area (Å²) in [6, 6.07) is 9.11. The minimum atomic E-state index is 0.490. The molecule has 0 radical (unpaired) electrons. The minimum absolute atomic E-state index is 0.490. The molecule has 1 fully saturated rings.